The molecule has 1 heterocycles. The number of hydrogen-bond acceptors (Lipinski definition) is 4. The van der Waals surface area contributed by atoms with E-state index < -0.39 is 16.3 Å². The number of hydrogen-bond donors (Lipinski definition) is 3. The van der Waals surface area contributed by atoms with Gasteiger partial charge in [0.15, 0.2) is 6.20 Å². The van der Waals surface area contributed by atoms with Crippen LogP contribution in [-0.2, 0) is 17.4 Å². The molecule has 96 valence electrons. The van der Waals surface area contributed by atoms with Crippen molar-refractivity contribution < 1.29 is 31.6 Å². The van der Waals surface area contributed by atoms with Crippen molar-refractivity contribution in [2.45, 2.75) is 0 Å². The number of aromatic nitrogens is 1. The van der Waals surface area contributed by atoms with Crippen LogP contribution in [-0.4, -0.2) is 30.5 Å². The molecule has 1 aromatic heterocycles. The Morgan fingerprint density at radius 3 is 2.29 bits per heavy atom. The zero-order valence-corrected chi connectivity index (χ0v) is 10.0. The third kappa shape index (κ3) is 7.22. The van der Waals surface area contributed by atoms with Crippen molar-refractivity contribution in [3.8, 4) is 5.75 Å². The van der Waals surface area contributed by atoms with E-state index in [0.29, 0.717) is 11.4 Å². The number of carbonyl (C=O) groups is 1. The highest BCUT2D eigenvalue weighted by Crippen LogP contribution is 2.07. The van der Waals surface area contributed by atoms with Gasteiger partial charge in [-0.05, 0) is 0 Å². The molecule has 0 aliphatic rings. The van der Waals surface area contributed by atoms with Crippen LogP contribution in [0, 0.1) is 0 Å². The molecular weight excluding hydrogens is 252 g/mol. The quantitative estimate of drug-likeness (QED) is 0.462. The number of rotatable bonds is 2. The van der Waals surface area contributed by atoms with Crippen LogP contribution >= 0.6 is 0 Å². The molecule has 0 saturated heterocycles. The lowest BCUT2D eigenvalue weighted by atomic mass is 10.3. The first kappa shape index (κ1) is 15.3. The lowest BCUT2D eigenvalue weighted by molar-refractivity contribution is -0.673. The van der Waals surface area contributed by atoms with E-state index >= 15 is 0 Å². The highest BCUT2D eigenvalue weighted by Gasteiger charge is 2.13. The van der Waals surface area contributed by atoms with E-state index in [1.165, 1.54) is 0 Å². The molecule has 1 rings (SSSR count). The molecule has 8 nitrogen and oxygen atoms in total. The van der Waals surface area contributed by atoms with Gasteiger partial charge in [-0.1, -0.05) is 0 Å². The van der Waals surface area contributed by atoms with Crippen LogP contribution < -0.4 is 15.0 Å². The average molecular weight is 265 g/mol. The van der Waals surface area contributed by atoms with Crippen LogP contribution in [0.15, 0.2) is 18.3 Å². The molecule has 0 aliphatic carbocycles. The van der Waals surface area contributed by atoms with Gasteiger partial charge in [-0.2, -0.15) is 13.0 Å². The molecule has 9 heteroatoms. The minimum absolute atomic E-state index is 0.425. The molecule has 0 atom stereocenters. The van der Waals surface area contributed by atoms with Crippen molar-refractivity contribution in [1.82, 2.24) is 0 Å². The van der Waals surface area contributed by atoms with Gasteiger partial charge in [-0.15, -0.1) is 0 Å². The Bertz CT molecular complexity index is 491. The summed E-state index contributed by atoms with van der Waals surface area (Å²) in [7, 11) is -1.38. The van der Waals surface area contributed by atoms with Gasteiger partial charge >= 0.3 is 16.3 Å². The van der Waals surface area contributed by atoms with E-state index in [-0.39, 0.29) is 0 Å². The fraction of sp³-hybridized carbons (Fsp3) is 0.250. The van der Waals surface area contributed by atoms with Crippen LogP contribution in [0.25, 0.3) is 0 Å². The number of carbonyl (C=O) groups excluding carboxylic acids is 1. The molecule has 0 radical (unpaired) electrons. The largest absolute Gasteiger partial charge is 0.496 e. The van der Waals surface area contributed by atoms with E-state index in [0.717, 1.165) is 0 Å². The van der Waals surface area contributed by atoms with E-state index in [9.17, 15) is 4.79 Å². The predicted octanol–water partition coefficient (Wildman–Crippen LogP) is -1.03. The van der Waals surface area contributed by atoms with Crippen molar-refractivity contribution in [2.24, 2.45) is 12.8 Å². The maximum Gasteiger partial charge on any atom is 0.394 e. The molecule has 0 saturated carbocycles. The summed E-state index contributed by atoms with van der Waals surface area (Å²) in [4.78, 5) is 10.8. The third-order valence-electron chi connectivity index (χ3n) is 1.61. The number of nitrogens with two attached hydrogens (primary N) is 1. The van der Waals surface area contributed by atoms with E-state index in [4.69, 9.17) is 28.0 Å². The molecule has 4 N–H and O–H groups in total. The number of ether oxygens (including phenoxy) is 1. The normalized spacial score (nSPS) is 10.1. The van der Waals surface area contributed by atoms with Crippen LogP contribution in [0.1, 0.15) is 10.5 Å². The van der Waals surface area contributed by atoms with Crippen LogP contribution in [0.5, 0.6) is 5.75 Å². The highest BCUT2D eigenvalue weighted by molar-refractivity contribution is 7.79. The molecular formula is C8H13N2O6S+. The fourth-order valence-corrected chi connectivity index (χ4v) is 0.922. The number of amides is 1. The molecule has 0 aliphatic heterocycles. The summed E-state index contributed by atoms with van der Waals surface area (Å²) in [5, 5.41) is 0. The second-order valence-electron chi connectivity index (χ2n) is 2.87. The molecule has 1 amide bonds. The van der Waals surface area contributed by atoms with Gasteiger partial charge in [0.25, 0.3) is 5.69 Å². The number of primary amides is 1. The Kier molecular flexibility index (Phi) is 5.51. The summed E-state index contributed by atoms with van der Waals surface area (Å²) >= 11 is 0. The van der Waals surface area contributed by atoms with Crippen molar-refractivity contribution in [3.63, 3.8) is 0 Å². The Balaban J connectivity index is 0.000000437. The maximum atomic E-state index is 10.8. The van der Waals surface area contributed by atoms with Crippen molar-refractivity contribution in [3.05, 3.63) is 24.0 Å². The summed E-state index contributed by atoms with van der Waals surface area (Å²) in [6.07, 6.45) is 1.72. The highest BCUT2D eigenvalue weighted by atomic mass is 32.3. The Morgan fingerprint density at radius 1 is 1.47 bits per heavy atom. The lowest BCUT2D eigenvalue weighted by Crippen LogP contribution is -2.38. The number of aryl methyl sites for hydroxylation is 1. The molecule has 0 unspecified atom stereocenters. The monoisotopic (exact) mass is 265 g/mol. The van der Waals surface area contributed by atoms with Gasteiger partial charge in [-0.3, -0.25) is 13.9 Å². The first-order valence-electron chi connectivity index (χ1n) is 4.18. The first-order valence-corrected chi connectivity index (χ1v) is 5.58. The van der Waals surface area contributed by atoms with E-state index in [2.05, 4.69) is 0 Å². The zero-order valence-electron chi connectivity index (χ0n) is 9.19. The van der Waals surface area contributed by atoms with Crippen molar-refractivity contribution >= 4 is 16.3 Å². The van der Waals surface area contributed by atoms with Gasteiger partial charge in [0.1, 0.15) is 12.8 Å². The molecule has 0 bridgehead atoms. The van der Waals surface area contributed by atoms with Crippen LogP contribution in [0.2, 0.25) is 0 Å². The van der Waals surface area contributed by atoms with E-state index in [1.54, 1.807) is 37.1 Å². The minimum Gasteiger partial charge on any atom is -0.496 e. The zero-order chi connectivity index (χ0) is 13.6. The molecule has 0 aromatic carbocycles. The third-order valence-corrected chi connectivity index (χ3v) is 1.61. The number of nitrogens with zero attached hydrogens (tertiary/aromatic N) is 1. The van der Waals surface area contributed by atoms with E-state index in [1.807, 2.05) is 0 Å². The lowest BCUT2D eigenvalue weighted by Gasteiger charge is -1.99. The topological polar surface area (TPSA) is 131 Å². The van der Waals surface area contributed by atoms with Gasteiger partial charge in [0.2, 0.25) is 0 Å². The fourth-order valence-electron chi connectivity index (χ4n) is 0.922. The molecule has 17 heavy (non-hydrogen) atoms. The Hall–Kier alpha value is -1.71. The Morgan fingerprint density at radius 2 is 1.94 bits per heavy atom. The first-order chi connectivity index (χ1) is 7.65. The maximum absolute atomic E-state index is 10.8. The van der Waals surface area contributed by atoms with Gasteiger partial charge in [0, 0.05) is 6.07 Å². The minimum atomic E-state index is -4.67. The number of pyridine rings is 1. The second kappa shape index (κ2) is 6.13. The van der Waals surface area contributed by atoms with Gasteiger partial charge in [0.05, 0.1) is 13.2 Å². The summed E-state index contributed by atoms with van der Waals surface area (Å²) < 4.78 is 38.2. The summed E-state index contributed by atoms with van der Waals surface area (Å²) in [5.74, 6) is 0.165. The molecule has 0 spiro atoms. The summed E-state index contributed by atoms with van der Waals surface area (Å²) in [6, 6.07) is 3.36. The standard InChI is InChI=1S/C8H10N2O2.H2O4S/c1-10-4-3-6(12-2)5-7(10)8(9)11;1-5(2,3)4/h3-5H,1-2H3,(H-,9,11);(H2,1,2,3,4)/p+1. The van der Waals surface area contributed by atoms with Crippen molar-refractivity contribution in [2.75, 3.05) is 7.11 Å². The second-order valence-corrected chi connectivity index (χ2v) is 3.77. The number of methoxy groups -OCH3 is 1. The Labute approximate surface area is 98.2 Å². The molecule has 1 aromatic rings. The van der Waals surface area contributed by atoms with Crippen LogP contribution in [0.4, 0.5) is 0 Å². The predicted molar refractivity (Wildman–Crippen MR) is 56.9 cm³/mol. The SMILES string of the molecule is COc1cc[n+](C)c(C(N)=O)c1.O=S(=O)(O)O. The van der Waals surface area contributed by atoms with Gasteiger partial charge in [-0.25, -0.2) is 0 Å². The molecule has 0 fully saturated rings. The smallest absolute Gasteiger partial charge is 0.394 e. The van der Waals surface area contributed by atoms with Gasteiger partial charge < -0.3 is 10.5 Å². The summed E-state index contributed by atoms with van der Waals surface area (Å²) in [6.45, 7) is 0. The van der Waals surface area contributed by atoms with Crippen LogP contribution in [0.3, 0.4) is 0 Å². The van der Waals surface area contributed by atoms with Crippen molar-refractivity contribution in [1.29, 1.82) is 0 Å². The summed E-state index contributed by atoms with van der Waals surface area (Å²) in [5.41, 5.74) is 5.55. The average Bonchev–Trinajstić information content (AvgIpc) is 2.15.